The summed E-state index contributed by atoms with van der Waals surface area (Å²) < 4.78 is 13.3. The molecule has 1 aromatic rings. The van der Waals surface area contributed by atoms with Gasteiger partial charge in [-0.15, -0.1) is 0 Å². The summed E-state index contributed by atoms with van der Waals surface area (Å²) in [5.41, 5.74) is 7.07. The van der Waals surface area contributed by atoms with E-state index in [1.165, 1.54) is 18.9 Å². The van der Waals surface area contributed by atoms with Gasteiger partial charge in [-0.1, -0.05) is 30.5 Å². The maximum atomic E-state index is 13.3. The summed E-state index contributed by atoms with van der Waals surface area (Å²) in [5, 5.41) is 0.192. The minimum atomic E-state index is -0.329. The van der Waals surface area contributed by atoms with Crippen molar-refractivity contribution in [1.29, 1.82) is 0 Å². The summed E-state index contributed by atoms with van der Waals surface area (Å²) in [6, 6.07) is 5.07. The normalized spacial score (nSPS) is 18.9. The molecule has 0 amide bonds. The molecule has 0 atom stereocenters. The van der Waals surface area contributed by atoms with Crippen LogP contribution in [0.1, 0.15) is 31.2 Å². The summed E-state index contributed by atoms with van der Waals surface area (Å²) in [7, 11) is 0. The number of rotatable bonds is 3. The Kier molecular flexibility index (Phi) is 3.50. The van der Waals surface area contributed by atoms with Crippen molar-refractivity contribution < 1.29 is 4.39 Å². The van der Waals surface area contributed by atoms with E-state index in [0.29, 0.717) is 6.54 Å². The van der Waals surface area contributed by atoms with E-state index in [-0.39, 0.29) is 16.3 Å². The van der Waals surface area contributed by atoms with Crippen molar-refractivity contribution in [3.05, 3.63) is 34.6 Å². The zero-order chi connectivity index (χ0) is 11.6. The van der Waals surface area contributed by atoms with Crippen LogP contribution in [0.3, 0.4) is 0 Å². The van der Waals surface area contributed by atoms with Gasteiger partial charge in [-0.3, -0.25) is 0 Å². The summed E-state index contributed by atoms with van der Waals surface area (Å²) in [5.74, 6) is -0.329. The Morgan fingerprint density at radius 2 is 2.00 bits per heavy atom. The van der Waals surface area contributed by atoms with Gasteiger partial charge in [-0.25, -0.2) is 4.39 Å². The molecule has 1 aromatic carbocycles. The van der Waals surface area contributed by atoms with Gasteiger partial charge in [0.25, 0.3) is 0 Å². The highest BCUT2D eigenvalue weighted by Crippen LogP contribution is 2.40. The van der Waals surface area contributed by atoms with E-state index in [1.54, 1.807) is 6.07 Å². The highest BCUT2D eigenvalue weighted by molar-refractivity contribution is 6.30. The molecule has 0 radical (unpaired) electrons. The minimum absolute atomic E-state index is 0.192. The van der Waals surface area contributed by atoms with Crippen LogP contribution in [0.4, 0.5) is 4.39 Å². The van der Waals surface area contributed by atoms with Crippen LogP contribution < -0.4 is 5.73 Å². The smallest absolute Gasteiger partial charge is 0.142 e. The molecule has 3 heteroatoms. The van der Waals surface area contributed by atoms with E-state index >= 15 is 0 Å². The SMILES string of the molecule is NCC1(Cc2ccc(Cl)c(F)c2)CCCC1. The molecule has 0 aromatic heterocycles. The average molecular weight is 242 g/mol. The lowest BCUT2D eigenvalue weighted by Gasteiger charge is -2.27. The van der Waals surface area contributed by atoms with Crippen molar-refractivity contribution in [3.8, 4) is 0 Å². The third kappa shape index (κ3) is 2.38. The highest BCUT2D eigenvalue weighted by Gasteiger charge is 2.32. The molecule has 1 aliphatic carbocycles. The van der Waals surface area contributed by atoms with E-state index in [4.69, 9.17) is 17.3 Å². The van der Waals surface area contributed by atoms with Gasteiger partial charge in [0.15, 0.2) is 0 Å². The Hall–Kier alpha value is -0.600. The van der Waals surface area contributed by atoms with Crippen LogP contribution >= 0.6 is 11.6 Å². The molecule has 0 bridgehead atoms. The van der Waals surface area contributed by atoms with Gasteiger partial charge in [0.05, 0.1) is 5.02 Å². The van der Waals surface area contributed by atoms with Crippen molar-refractivity contribution in [1.82, 2.24) is 0 Å². The highest BCUT2D eigenvalue weighted by atomic mass is 35.5. The van der Waals surface area contributed by atoms with Crippen molar-refractivity contribution >= 4 is 11.6 Å². The minimum Gasteiger partial charge on any atom is -0.330 e. The zero-order valence-corrected chi connectivity index (χ0v) is 10.1. The maximum absolute atomic E-state index is 13.3. The predicted molar refractivity (Wildman–Crippen MR) is 65.1 cm³/mol. The lowest BCUT2D eigenvalue weighted by atomic mass is 9.80. The van der Waals surface area contributed by atoms with Crippen LogP contribution in [0, 0.1) is 11.2 Å². The van der Waals surface area contributed by atoms with Crippen molar-refractivity contribution in [2.75, 3.05) is 6.54 Å². The molecule has 16 heavy (non-hydrogen) atoms. The van der Waals surface area contributed by atoms with Crippen LogP contribution in [0.2, 0.25) is 5.02 Å². The molecule has 1 aliphatic rings. The molecule has 1 saturated carbocycles. The lowest BCUT2D eigenvalue weighted by Crippen LogP contribution is -2.29. The van der Waals surface area contributed by atoms with E-state index < -0.39 is 0 Å². The second kappa shape index (κ2) is 4.72. The molecule has 2 rings (SSSR count). The molecule has 2 N–H and O–H groups in total. The van der Waals surface area contributed by atoms with Crippen LogP contribution in [0.15, 0.2) is 18.2 Å². The molecule has 0 heterocycles. The van der Waals surface area contributed by atoms with Crippen LogP contribution in [0.5, 0.6) is 0 Å². The third-order valence-electron chi connectivity index (χ3n) is 3.66. The fourth-order valence-electron chi connectivity index (χ4n) is 2.66. The van der Waals surface area contributed by atoms with Gasteiger partial charge in [0.1, 0.15) is 5.82 Å². The second-order valence-electron chi connectivity index (χ2n) is 4.84. The van der Waals surface area contributed by atoms with Crippen molar-refractivity contribution in [2.45, 2.75) is 32.1 Å². The molecular formula is C13H17ClFN. The fourth-order valence-corrected chi connectivity index (χ4v) is 2.78. The Balaban J connectivity index is 2.16. The summed E-state index contributed by atoms with van der Waals surface area (Å²) in [6.07, 6.45) is 5.68. The largest absolute Gasteiger partial charge is 0.330 e. The van der Waals surface area contributed by atoms with Gasteiger partial charge < -0.3 is 5.73 Å². The van der Waals surface area contributed by atoms with Gasteiger partial charge in [0, 0.05) is 0 Å². The van der Waals surface area contributed by atoms with Gasteiger partial charge in [-0.2, -0.15) is 0 Å². The Labute approximate surface area is 101 Å². The summed E-state index contributed by atoms with van der Waals surface area (Å²) >= 11 is 5.67. The standard InChI is InChI=1S/C13H17ClFN/c14-11-4-3-10(7-12(11)15)8-13(9-16)5-1-2-6-13/h3-4,7H,1-2,5-6,8-9,16H2. The number of hydrogen-bond acceptors (Lipinski definition) is 1. The molecule has 0 spiro atoms. The molecule has 0 unspecified atom stereocenters. The zero-order valence-electron chi connectivity index (χ0n) is 9.31. The number of hydrogen-bond donors (Lipinski definition) is 1. The van der Waals surface area contributed by atoms with Gasteiger partial charge >= 0.3 is 0 Å². The summed E-state index contributed by atoms with van der Waals surface area (Å²) in [6.45, 7) is 0.692. The maximum Gasteiger partial charge on any atom is 0.142 e. The topological polar surface area (TPSA) is 26.0 Å². The molecule has 1 fully saturated rings. The van der Waals surface area contributed by atoms with Crippen LogP contribution in [-0.2, 0) is 6.42 Å². The quantitative estimate of drug-likeness (QED) is 0.861. The van der Waals surface area contributed by atoms with Crippen LogP contribution in [-0.4, -0.2) is 6.54 Å². The Bertz CT molecular complexity index is 372. The first-order chi connectivity index (χ1) is 7.65. The first-order valence-electron chi connectivity index (χ1n) is 5.79. The number of nitrogens with two attached hydrogens (primary N) is 1. The molecule has 88 valence electrons. The number of halogens is 2. The monoisotopic (exact) mass is 241 g/mol. The van der Waals surface area contributed by atoms with Crippen LogP contribution in [0.25, 0.3) is 0 Å². The van der Waals surface area contributed by atoms with Crippen molar-refractivity contribution in [2.24, 2.45) is 11.1 Å². The van der Waals surface area contributed by atoms with Gasteiger partial charge in [0.2, 0.25) is 0 Å². The molecule has 0 aliphatic heterocycles. The predicted octanol–water partition coefficient (Wildman–Crippen LogP) is 3.54. The fraction of sp³-hybridized carbons (Fsp3) is 0.538. The average Bonchev–Trinajstić information content (AvgIpc) is 2.73. The molecular weight excluding hydrogens is 225 g/mol. The first kappa shape index (κ1) is 11.9. The van der Waals surface area contributed by atoms with Gasteiger partial charge in [-0.05, 0) is 48.9 Å². The lowest BCUT2D eigenvalue weighted by molar-refractivity contribution is 0.306. The number of benzene rings is 1. The first-order valence-corrected chi connectivity index (χ1v) is 6.17. The molecule has 1 nitrogen and oxygen atoms in total. The van der Waals surface area contributed by atoms with E-state index in [9.17, 15) is 4.39 Å². The summed E-state index contributed by atoms with van der Waals surface area (Å²) in [4.78, 5) is 0. The molecule has 0 saturated heterocycles. The van der Waals surface area contributed by atoms with Crippen molar-refractivity contribution in [3.63, 3.8) is 0 Å². The Morgan fingerprint density at radius 1 is 1.31 bits per heavy atom. The Morgan fingerprint density at radius 3 is 2.56 bits per heavy atom. The van der Waals surface area contributed by atoms with E-state index in [2.05, 4.69) is 0 Å². The van der Waals surface area contributed by atoms with E-state index in [0.717, 1.165) is 24.8 Å². The van der Waals surface area contributed by atoms with E-state index in [1.807, 2.05) is 6.07 Å². The third-order valence-corrected chi connectivity index (χ3v) is 3.97. The second-order valence-corrected chi connectivity index (χ2v) is 5.24.